The molecule has 0 aliphatic heterocycles. The smallest absolute Gasteiger partial charge is 0.372 e. The Morgan fingerprint density at radius 3 is 2.70 bits per heavy atom. The number of rotatable bonds is 6. The standard InChI is InChI=1S/C13H17F3N2O2/c1-18(11-4-2-3-10(7-11)8-17)12(19)5-6-20-9-13(14,15)16/h2-4,7H,5-6,8-9,17H2,1H3. The van der Waals surface area contributed by atoms with Crippen LogP contribution in [0.15, 0.2) is 24.3 Å². The summed E-state index contributed by atoms with van der Waals surface area (Å²) >= 11 is 0. The largest absolute Gasteiger partial charge is 0.411 e. The molecule has 20 heavy (non-hydrogen) atoms. The first kappa shape index (κ1) is 16.5. The molecule has 4 nitrogen and oxygen atoms in total. The first-order valence-electron chi connectivity index (χ1n) is 6.03. The Bertz CT molecular complexity index is 449. The van der Waals surface area contributed by atoms with E-state index in [9.17, 15) is 18.0 Å². The fourth-order valence-corrected chi connectivity index (χ4v) is 1.55. The lowest BCUT2D eigenvalue weighted by Gasteiger charge is -2.18. The van der Waals surface area contributed by atoms with Crippen LogP contribution in [0.2, 0.25) is 0 Å². The Labute approximate surface area is 115 Å². The van der Waals surface area contributed by atoms with Gasteiger partial charge >= 0.3 is 6.18 Å². The van der Waals surface area contributed by atoms with Gasteiger partial charge in [0.25, 0.3) is 0 Å². The van der Waals surface area contributed by atoms with Gasteiger partial charge < -0.3 is 15.4 Å². The number of hydrogen-bond acceptors (Lipinski definition) is 3. The predicted molar refractivity (Wildman–Crippen MR) is 69.2 cm³/mol. The molecule has 0 saturated heterocycles. The summed E-state index contributed by atoms with van der Waals surface area (Å²) in [6, 6.07) is 7.08. The van der Waals surface area contributed by atoms with Crippen LogP contribution in [0.25, 0.3) is 0 Å². The number of nitrogens with two attached hydrogens (primary N) is 1. The van der Waals surface area contributed by atoms with Crippen molar-refractivity contribution >= 4 is 11.6 Å². The molecular formula is C13H17F3N2O2. The summed E-state index contributed by atoms with van der Waals surface area (Å²) < 4.78 is 40.0. The lowest BCUT2D eigenvalue weighted by molar-refractivity contribution is -0.174. The molecule has 0 radical (unpaired) electrons. The molecule has 1 aromatic carbocycles. The Hall–Kier alpha value is -1.60. The lowest BCUT2D eigenvalue weighted by atomic mass is 10.2. The van der Waals surface area contributed by atoms with Gasteiger partial charge in [-0.25, -0.2) is 0 Å². The van der Waals surface area contributed by atoms with Crippen molar-refractivity contribution in [1.29, 1.82) is 0 Å². The van der Waals surface area contributed by atoms with E-state index in [2.05, 4.69) is 4.74 Å². The van der Waals surface area contributed by atoms with Gasteiger partial charge in [0.15, 0.2) is 0 Å². The van der Waals surface area contributed by atoms with E-state index in [1.807, 2.05) is 6.07 Å². The average molecular weight is 290 g/mol. The molecule has 112 valence electrons. The van der Waals surface area contributed by atoms with E-state index in [1.165, 1.54) is 4.90 Å². The Balaban J connectivity index is 2.46. The second-order valence-electron chi connectivity index (χ2n) is 4.24. The van der Waals surface area contributed by atoms with Gasteiger partial charge in [-0.05, 0) is 17.7 Å². The maximum absolute atomic E-state index is 11.9. The van der Waals surface area contributed by atoms with Crippen molar-refractivity contribution in [2.45, 2.75) is 19.1 Å². The number of halogens is 3. The summed E-state index contributed by atoms with van der Waals surface area (Å²) in [5.41, 5.74) is 7.02. The molecule has 1 amide bonds. The van der Waals surface area contributed by atoms with Gasteiger partial charge in [0, 0.05) is 19.3 Å². The highest BCUT2D eigenvalue weighted by molar-refractivity contribution is 5.92. The minimum absolute atomic E-state index is 0.112. The number of anilines is 1. The van der Waals surface area contributed by atoms with Crippen LogP contribution >= 0.6 is 0 Å². The van der Waals surface area contributed by atoms with Gasteiger partial charge in [-0.1, -0.05) is 12.1 Å². The van der Waals surface area contributed by atoms with E-state index >= 15 is 0 Å². The number of amides is 1. The quantitative estimate of drug-likeness (QED) is 0.816. The number of benzene rings is 1. The first-order chi connectivity index (χ1) is 9.33. The monoisotopic (exact) mass is 290 g/mol. The molecule has 2 N–H and O–H groups in total. The zero-order chi connectivity index (χ0) is 15.2. The highest BCUT2D eigenvalue weighted by Gasteiger charge is 2.27. The van der Waals surface area contributed by atoms with Gasteiger partial charge in [0.05, 0.1) is 13.0 Å². The number of hydrogen-bond donors (Lipinski definition) is 1. The van der Waals surface area contributed by atoms with Crippen molar-refractivity contribution in [2.75, 3.05) is 25.2 Å². The van der Waals surface area contributed by atoms with E-state index in [-0.39, 0.29) is 18.9 Å². The van der Waals surface area contributed by atoms with Crippen LogP contribution in [-0.2, 0) is 16.1 Å². The van der Waals surface area contributed by atoms with Gasteiger partial charge in [0.1, 0.15) is 6.61 Å². The third-order valence-electron chi connectivity index (χ3n) is 2.63. The van der Waals surface area contributed by atoms with E-state index in [4.69, 9.17) is 5.73 Å². The van der Waals surface area contributed by atoms with Crippen molar-refractivity contribution in [3.8, 4) is 0 Å². The van der Waals surface area contributed by atoms with Crippen LogP contribution in [0.3, 0.4) is 0 Å². The predicted octanol–water partition coefficient (Wildman–Crippen LogP) is 2.08. The Kier molecular flexibility index (Phi) is 5.97. The fourth-order valence-electron chi connectivity index (χ4n) is 1.55. The van der Waals surface area contributed by atoms with Crippen molar-refractivity contribution in [1.82, 2.24) is 0 Å². The third-order valence-corrected chi connectivity index (χ3v) is 2.63. The fraction of sp³-hybridized carbons (Fsp3) is 0.462. The number of carbonyl (C=O) groups excluding carboxylic acids is 1. The van der Waals surface area contributed by atoms with Crippen molar-refractivity contribution < 1.29 is 22.7 Å². The molecule has 7 heteroatoms. The molecule has 0 heterocycles. The van der Waals surface area contributed by atoms with Crippen molar-refractivity contribution in [2.24, 2.45) is 5.73 Å². The molecule has 1 aromatic rings. The lowest BCUT2D eigenvalue weighted by Crippen LogP contribution is -2.28. The maximum Gasteiger partial charge on any atom is 0.411 e. The van der Waals surface area contributed by atoms with Crippen LogP contribution in [0.1, 0.15) is 12.0 Å². The summed E-state index contributed by atoms with van der Waals surface area (Å²) in [6.07, 6.45) is -4.48. The molecule has 0 unspecified atom stereocenters. The van der Waals surface area contributed by atoms with Gasteiger partial charge in [-0.2, -0.15) is 13.2 Å². The normalized spacial score (nSPS) is 11.4. The molecular weight excluding hydrogens is 273 g/mol. The second-order valence-corrected chi connectivity index (χ2v) is 4.24. The van der Waals surface area contributed by atoms with Crippen LogP contribution < -0.4 is 10.6 Å². The van der Waals surface area contributed by atoms with Gasteiger partial charge in [-0.15, -0.1) is 0 Å². The molecule has 0 aliphatic carbocycles. The Morgan fingerprint density at radius 1 is 1.40 bits per heavy atom. The highest BCUT2D eigenvalue weighted by Crippen LogP contribution is 2.16. The molecule has 1 rings (SSSR count). The third kappa shape index (κ3) is 5.58. The number of ether oxygens (including phenoxy) is 1. The summed E-state index contributed by atoms with van der Waals surface area (Å²) in [4.78, 5) is 13.2. The zero-order valence-electron chi connectivity index (χ0n) is 11.1. The van der Waals surface area contributed by atoms with Gasteiger partial charge in [0.2, 0.25) is 5.91 Å². The number of carbonyl (C=O) groups is 1. The second kappa shape index (κ2) is 7.25. The minimum atomic E-state index is -4.37. The maximum atomic E-state index is 11.9. The molecule has 0 aromatic heterocycles. The number of alkyl halides is 3. The van der Waals surface area contributed by atoms with Crippen molar-refractivity contribution in [3.63, 3.8) is 0 Å². The minimum Gasteiger partial charge on any atom is -0.372 e. The highest BCUT2D eigenvalue weighted by atomic mass is 19.4. The SMILES string of the molecule is CN(C(=O)CCOCC(F)(F)F)c1cccc(CN)c1. The molecule has 0 atom stereocenters. The van der Waals surface area contributed by atoms with Crippen LogP contribution in [0.4, 0.5) is 18.9 Å². The van der Waals surface area contributed by atoms with E-state index in [0.29, 0.717) is 12.2 Å². The van der Waals surface area contributed by atoms with Gasteiger partial charge in [-0.3, -0.25) is 4.79 Å². The first-order valence-corrected chi connectivity index (χ1v) is 6.03. The Morgan fingerprint density at radius 2 is 2.10 bits per heavy atom. The summed E-state index contributed by atoms with van der Waals surface area (Å²) in [5.74, 6) is -0.318. The topological polar surface area (TPSA) is 55.6 Å². The summed E-state index contributed by atoms with van der Waals surface area (Å²) in [5, 5.41) is 0. The molecule has 0 fully saturated rings. The zero-order valence-corrected chi connectivity index (χ0v) is 11.1. The average Bonchev–Trinajstić information content (AvgIpc) is 2.41. The molecule has 0 bridgehead atoms. The summed E-state index contributed by atoms with van der Waals surface area (Å²) in [7, 11) is 1.56. The molecule has 0 aliphatic rings. The van der Waals surface area contributed by atoms with E-state index in [1.54, 1.807) is 25.2 Å². The van der Waals surface area contributed by atoms with E-state index < -0.39 is 12.8 Å². The summed E-state index contributed by atoms with van der Waals surface area (Å²) in [6.45, 7) is -1.25. The van der Waals surface area contributed by atoms with E-state index in [0.717, 1.165) is 5.56 Å². The van der Waals surface area contributed by atoms with Crippen LogP contribution in [-0.4, -0.2) is 32.3 Å². The number of nitrogens with zero attached hydrogens (tertiary/aromatic N) is 1. The van der Waals surface area contributed by atoms with Crippen LogP contribution in [0, 0.1) is 0 Å². The van der Waals surface area contributed by atoms with Crippen molar-refractivity contribution in [3.05, 3.63) is 29.8 Å². The van der Waals surface area contributed by atoms with Crippen LogP contribution in [0.5, 0.6) is 0 Å². The molecule has 0 spiro atoms. The molecule has 0 saturated carbocycles.